The van der Waals surface area contributed by atoms with Gasteiger partial charge in [-0.1, -0.05) is 15.9 Å². The van der Waals surface area contributed by atoms with Gasteiger partial charge >= 0.3 is 5.69 Å². The largest absolute Gasteiger partial charge is 0.394 e. The lowest BCUT2D eigenvalue weighted by atomic mass is 10.1. The number of rotatable bonds is 3. The van der Waals surface area contributed by atoms with Gasteiger partial charge in [-0.2, -0.15) is 0 Å². The maximum Gasteiger partial charge on any atom is 0.330 e. The fourth-order valence-corrected chi connectivity index (χ4v) is 2.83. The number of nitrogens with one attached hydrogen (secondary N) is 1. The SMILES string of the molecule is Cc1cn([C@@]2(CBr)C[C@H](O)[C@@H](CO)O2)c(=O)[nH]c1=O. The van der Waals surface area contributed by atoms with Crippen molar-refractivity contribution in [1.82, 2.24) is 9.55 Å². The monoisotopic (exact) mass is 334 g/mol. The molecule has 1 saturated heterocycles. The van der Waals surface area contributed by atoms with Crippen molar-refractivity contribution in [2.24, 2.45) is 0 Å². The van der Waals surface area contributed by atoms with Crippen LogP contribution in [-0.2, 0) is 10.5 Å². The van der Waals surface area contributed by atoms with E-state index in [2.05, 4.69) is 20.9 Å². The van der Waals surface area contributed by atoms with Gasteiger partial charge in [0.05, 0.1) is 18.0 Å². The lowest BCUT2D eigenvalue weighted by molar-refractivity contribution is -0.104. The van der Waals surface area contributed by atoms with E-state index in [1.165, 1.54) is 10.8 Å². The van der Waals surface area contributed by atoms with E-state index >= 15 is 0 Å². The van der Waals surface area contributed by atoms with Crippen molar-refractivity contribution < 1.29 is 14.9 Å². The second-order valence-electron chi connectivity index (χ2n) is 4.63. The minimum atomic E-state index is -1.11. The van der Waals surface area contributed by atoms with Gasteiger partial charge < -0.3 is 14.9 Å². The van der Waals surface area contributed by atoms with Crippen LogP contribution in [0.15, 0.2) is 15.8 Å². The second kappa shape index (κ2) is 5.20. The summed E-state index contributed by atoms with van der Waals surface area (Å²) in [7, 11) is 0. The Bertz CT molecular complexity index is 583. The molecule has 3 N–H and O–H groups in total. The molecule has 0 bridgehead atoms. The van der Waals surface area contributed by atoms with E-state index in [4.69, 9.17) is 9.84 Å². The van der Waals surface area contributed by atoms with Crippen LogP contribution in [0.1, 0.15) is 12.0 Å². The second-order valence-corrected chi connectivity index (χ2v) is 5.19. The van der Waals surface area contributed by atoms with Gasteiger partial charge in [0.1, 0.15) is 6.10 Å². The third-order valence-corrected chi connectivity index (χ3v) is 4.15. The van der Waals surface area contributed by atoms with Gasteiger partial charge in [-0.15, -0.1) is 0 Å². The molecule has 1 fully saturated rings. The number of aromatic nitrogens is 2. The first kappa shape index (κ1) is 14.4. The van der Waals surface area contributed by atoms with Crippen molar-refractivity contribution in [2.75, 3.05) is 11.9 Å². The first-order chi connectivity index (χ1) is 8.93. The van der Waals surface area contributed by atoms with Gasteiger partial charge in [0.2, 0.25) is 0 Å². The highest BCUT2D eigenvalue weighted by Crippen LogP contribution is 2.35. The van der Waals surface area contributed by atoms with Crippen LogP contribution in [0.2, 0.25) is 0 Å². The summed E-state index contributed by atoms with van der Waals surface area (Å²) in [5, 5.41) is 19.2. The van der Waals surface area contributed by atoms with Gasteiger partial charge in [0.15, 0.2) is 5.72 Å². The normalized spacial score (nSPS) is 30.7. The van der Waals surface area contributed by atoms with Gasteiger partial charge in [-0.05, 0) is 6.92 Å². The third-order valence-electron chi connectivity index (χ3n) is 3.28. The zero-order valence-corrected chi connectivity index (χ0v) is 11.9. The van der Waals surface area contributed by atoms with E-state index in [1.54, 1.807) is 6.92 Å². The third kappa shape index (κ3) is 2.40. The van der Waals surface area contributed by atoms with Crippen LogP contribution in [0.4, 0.5) is 0 Å². The van der Waals surface area contributed by atoms with E-state index < -0.39 is 29.2 Å². The number of alkyl halides is 1. The lowest BCUT2D eigenvalue weighted by Crippen LogP contribution is -2.46. The fraction of sp³-hybridized carbons (Fsp3) is 0.636. The number of aliphatic hydroxyl groups excluding tert-OH is 2. The quantitative estimate of drug-likeness (QED) is 0.617. The molecular weight excluding hydrogens is 320 g/mol. The Labute approximate surface area is 117 Å². The number of hydrogen-bond donors (Lipinski definition) is 3. The van der Waals surface area contributed by atoms with E-state index in [9.17, 15) is 14.7 Å². The number of hydrogen-bond acceptors (Lipinski definition) is 5. The van der Waals surface area contributed by atoms with E-state index in [1.807, 2.05) is 0 Å². The molecule has 106 valence electrons. The van der Waals surface area contributed by atoms with Crippen molar-refractivity contribution in [2.45, 2.75) is 31.3 Å². The van der Waals surface area contributed by atoms with Crippen LogP contribution in [0, 0.1) is 6.92 Å². The molecule has 1 aromatic rings. The molecule has 0 spiro atoms. The summed E-state index contributed by atoms with van der Waals surface area (Å²) in [5.74, 6) is 0. The highest BCUT2D eigenvalue weighted by molar-refractivity contribution is 9.09. The number of ether oxygens (including phenoxy) is 1. The van der Waals surface area contributed by atoms with E-state index in [-0.39, 0.29) is 18.4 Å². The summed E-state index contributed by atoms with van der Waals surface area (Å²) in [5.41, 5.74) is -1.81. The zero-order chi connectivity index (χ0) is 14.2. The van der Waals surface area contributed by atoms with Crippen LogP contribution in [0.25, 0.3) is 0 Å². The van der Waals surface area contributed by atoms with Crippen LogP contribution in [0.3, 0.4) is 0 Å². The van der Waals surface area contributed by atoms with Crippen LogP contribution in [0.5, 0.6) is 0 Å². The van der Waals surface area contributed by atoms with Crippen molar-refractivity contribution in [3.8, 4) is 0 Å². The Morgan fingerprint density at radius 1 is 1.63 bits per heavy atom. The molecule has 0 saturated carbocycles. The molecule has 0 amide bonds. The number of halogens is 1. The average molecular weight is 335 g/mol. The Kier molecular flexibility index (Phi) is 3.95. The van der Waals surface area contributed by atoms with Crippen LogP contribution in [-0.4, -0.2) is 43.9 Å². The summed E-state index contributed by atoms with van der Waals surface area (Å²) in [6.07, 6.45) is -0.0811. The summed E-state index contributed by atoms with van der Waals surface area (Å²) >= 11 is 3.26. The molecule has 1 aromatic heterocycles. The van der Waals surface area contributed by atoms with Gasteiger partial charge in [0.25, 0.3) is 5.56 Å². The predicted molar refractivity (Wildman–Crippen MR) is 70.4 cm³/mol. The summed E-state index contributed by atoms with van der Waals surface area (Å²) in [6.45, 7) is 1.23. The molecule has 0 unspecified atom stereocenters. The number of aliphatic hydroxyl groups is 2. The minimum Gasteiger partial charge on any atom is -0.394 e. The molecule has 2 rings (SSSR count). The number of aromatic amines is 1. The Balaban J connectivity index is 2.52. The molecule has 7 nitrogen and oxygen atoms in total. The van der Waals surface area contributed by atoms with Crippen molar-refractivity contribution in [1.29, 1.82) is 0 Å². The van der Waals surface area contributed by atoms with Crippen LogP contribution >= 0.6 is 15.9 Å². The summed E-state index contributed by atoms with van der Waals surface area (Å²) in [4.78, 5) is 25.5. The Morgan fingerprint density at radius 3 is 2.84 bits per heavy atom. The maximum atomic E-state index is 11.9. The average Bonchev–Trinajstić information content (AvgIpc) is 2.71. The highest BCUT2D eigenvalue weighted by Gasteiger charge is 2.47. The molecule has 1 aliphatic heterocycles. The van der Waals surface area contributed by atoms with Crippen molar-refractivity contribution >= 4 is 15.9 Å². The smallest absolute Gasteiger partial charge is 0.330 e. The molecule has 8 heteroatoms. The lowest BCUT2D eigenvalue weighted by Gasteiger charge is -2.29. The fourth-order valence-electron chi connectivity index (χ4n) is 2.20. The standard InChI is InChI=1S/C11H15BrN2O5/c1-6-3-14(10(18)13-9(6)17)11(5-12)2-7(16)8(4-15)19-11/h3,7-8,15-16H,2,4-5H2,1H3,(H,13,17,18)/t7-,8+,11-/m0/s1. The molecule has 0 radical (unpaired) electrons. The maximum absolute atomic E-state index is 11.9. The number of aryl methyl sites for hydroxylation is 1. The Hall–Kier alpha value is -0.960. The molecule has 3 atom stereocenters. The molecule has 1 aliphatic rings. The number of H-pyrrole nitrogens is 1. The zero-order valence-electron chi connectivity index (χ0n) is 10.3. The predicted octanol–water partition coefficient (Wildman–Crippen LogP) is -0.965. The molecule has 2 heterocycles. The van der Waals surface area contributed by atoms with Gasteiger partial charge in [-0.25, -0.2) is 4.79 Å². The first-order valence-corrected chi connectivity index (χ1v) is 6.91. The van der Waals surface area contributed by atoms with Crippen LogP contribution < -0.4 is 11.2 Å². The van der Waals surface area contributed by atoms with Gasteiger partial charge in [-0.3, -0.25) is 14.3 Å². The number of nitrogens with zero attached hydrogens (tertiary/aromatic N) is 1. The molecule has 19 heavy (non-hydrogen) atoms. The van der Waals surface area contributed by atoms with E-state index in [0.717, 1.165) is 0 Å². The van der Waals surface area contributed by atoms with E-state index in [0.29, 0.717) is 5.56 Å². The molecule has 0 aliphatic carbocycles. The minimum absolute atomic E-state index is 0.148. The summed E-state index contributed by atoms with van der Waals surface area (Å²) in [6, 6.07) is 0. The highest BCUT2D eigenvalue weighted by atomic mass is 79.9. The summed E-state index contributed by atoms with van der Waals surface area (Å²) < 4.78 is 6.86. The van der Waals surface area contributed by atoms with Crippen molar-refractivity contribution in [3.63, 3.8) is 0 Å². The van der Waals surface area contributed by atoms with Gasteiger partial charge in [0, 0.05) is 18.2 Å². The topological polar surface area (TPSA) is 105 Å². The Morgan fingerprint density at radius 2 is 2.32 bits per heavy atom. The first-order valence-electron chi connectivity index (χ1n) is 5.79. The molecule has 0 aromatic carbocycles. The van der Waals surface area contributed by atoms with Crippen molar-refractivity contribution in [3.05, 3.63) is 32.6 Å². The molecular formula is C11H15BrN2O5.